The van der Waals surface area contributed by atoms with Gasteiger partial charge in [-0.25, -0.2) is 8.42 Å². The van der Waals surface area contributed by atoms with Gasteiger partial charge < -0.3 is 15.2 Å². The average Bonchev–Trinajstić information content (AvgIpc) is 2.53. The first kappa shape index (κ1) is 17.8. The largest absolute Gasteiger partial charge is 0.492 e. The zero-order valence-electron chi connectivity index (χ0n) is 13.3. The summed E-state index contributed by atoms with van der Waals surface area (Å²) in [6.45, 7) is -0.247. The van der Waals surface area contributed by atoms with E-state index in [0.717, 1.165) is 6.26 Å². The molecule has 0 radical (unpaired) electrons. The number of nitrogens with two attached hydrogens (primary N) is 1. The van der Waals surface area contributed by atoms with Gasteiger partial charge in [-0.3, -0.25) is 9.52 Å². The number of rotatable bonds is 7. The molecule has 128 valence electrons. The second kappa shape index (κ2) is 7.33. The third-order valence-corrected chi connectivity index (χ3v) is 3.63. The Morgan fingerprint density at radius 1 is 1.21 bits per heavy atom. The summed E-state index contributed by atoms with van der Waals surface area (Å²) in [6, 6.07) is 11.7. The molecular weight excluding hydrogens is 332 g/mol. The van der Waals surface area contributed by atoms with Crippen molar-refractivity contribution in [2.45, 2.75) is 0 Å². The fourth-order valence-electron chi connectivity index (χ4n) is 2.09. The minimum absolute atomic E-state index is 0.139. The lowest BCUT2D eigenvalue weighted by atomic mass is 10.1. The van der Waals surface area contributed by atoms with Gasteiger partial charge in [0.15, 0.2) is 17.3 Å². The SMILES string of the molecule is COc1c(Oc2ccccc2)cc(NS(C)(=O)=O)cc1C(=O)CN. The molecule has 8 heteroatoms. The van der Waals surface area contributed by atoms with E-state index in [0.29, 0.717) is 5.75 Å². The molecule has 7 nitrogen and oxygen atoms in total. The fourth-order valence-corrected chi connectivity index (χ4v) is 2.64. The number of benzene rings is 2. The highest BCUT2D eigenvalue weighted by Gasteiger charge is 2.19. The number of methoxy groups -OCH3 is 1. The molecule has 3 N–H and O–H groups in total. The van der Waals surface area contributed by atoms with E-state index >= 15 is 0 Å². The number of para-hydroxylation sites is 1. The van der Waals surface area contributed by atoms with Crippen molar-refractivity contribution in [2.24, 2.45) is 5.73 Å². The maximum absolute atomic E-state index is 12.1. The summed E-state index contributed by atoms with van der Waals surface area (Å²) in [5.41, 5.74) is 5.74. The van der Waals surface area contributed by atoms with Crippen LogP contribution in [0, 0.1) is 0 Å². The minimum atomic E-state index is -3.52. The van der Waals surface area contributed by atoms with E-state index in [2.05, 4.69) is 4.72 Å². The summed E-state index contributed by atoms with van der Waals surface area (Å²) in [6.07, 6.45) is 1.01. The number of Topliss-reactive ketones (excluding diaryl/α,β-unsaturated/α-hetero) is 1. The number of ketones is 1. The Bertz CT molecular complexity index is 835. The van der Waals surface area contributed by atoms with Crippen LogP contribution >= 0.6 is 0 Å². The van der Waals surface area contributed by atoms with Gasteiger partial charge >= 0.3 is 0 Å². The Morgan fingerprint density at radius 2 is 1.88 bits per heavy atom. The third-order valence-electron chi connectivity index (χ3n) is 3.02. The van der Waals surface area contributed by atoms with Gasteiger partial charge in [0.1, 0.15) is 5.75 Å². The van der Waals surface area contributed by atoms with Gasteiger partial charge in [-0.05, 0) is 18.2 Å². The molecule has 0 aliphatic heterocycles. The smallest absolute Gasteiger partial charge is 0.229 e. The first-order chi connectivity index (χ1) is 11.3. The molecule has 0 aliphatic rings. The summed E-state index contributed by atoms with van der Waals surface area (Å²) in [7, 11) is -2.13. The molecular formula is C16H18N2O5S. The van der Waals surface area contributed by atoms with Gasteiger partial charge in [0.25, 0.3) is 0 Å². The van der Waals surface area contributed by atoms with Gasteiger partial charge in [-0.1, -0.05) is 18.2 Å². The molecule has 2 aromatic rings. The molecule has 24 heavy (non-hydrogen) atoms. The normalized spacial score (nSPS) is 11.0. The van der Waals surface area contributed by atoms with E-state index in [1.165, 1.54) is 19.2 Å². The van der Waals surface area contributed by atoms with Crippen LogP contribution in [-0.2, 0) is 10.0 Å². The van der Waals surface area contributed by atoms with Gasteiger partial charge in [0, 0.05) is 6.07 Å². The van der Waals surface area contributed by atoms with Gasteiger partial charge in [-0.2, -0.15) is 0 Å². The molecule has 0 saturated carbocycles. The second-order valence-corrected chi connectivity index (χ2v) is 6.72. The number of hydrogen-bond donors (Lipinski definition) is 2. The van der Waals surface area contributed by atoms with Crippen molar-refractivity contribution in [3.05, 3.63) is 48.0 Å². The van der Waals surface area contributed by atoms with Crippen LogP contribution in [0.3, 0.4) is 0 Å². The average molecular weight is 350 g/mol. The van der Waals surface area contributed by atoms with Gasteiger partial charge in [0.2, 0.25) is 10.0 Å². The lowest BCUT2D eigenvalue weighted by Gasteiger charge is -2.16. The lowest BCUT2D eigenvalue weighted by Crippen LogP contribution is -2.16. The quantitative estimate of drug-likeness (QED) is 0.740. The first-order valence-electron chi connectivity index (χ1n) is 7.00. The zero-order chi connectivity index (χ0) is 17.7. The molecule has 0 heterocycles. The number of hydrogen-bond acceptors (Lipinski definition) is 6. The highest BCUT2D eigenvalue weighted by atomic mass is 32.2. The summed E-state index contributed by atoms with van der Waals surface area (Å²) >= 11 is 0. The molecule has 0 atom stereocenters. The fraction of sp³-hybridized carbons (Fsp3) is 0.188. The standard InChI is InChI=1S/C16H18N2O5S/c1-22-16-13(14(19)10-17)8-11(18-24(2,20)21)9-15(16)23-12-6-4-3-5-7-12/h3-9,18H,10,17H2,1-2H3. The summed E-state index contributed by atoms with van der Waals surface area (Å²) < 4.78 is 36.3. The van der Waals surface area contributed by atoms with Crippen LogP contribution in [0.2, 0.25) is 0 Å². The van der Waals surface area contributed by atoms with E-state index in [9.17, 15) is 13.2 Å². The topological polar surface area (TPSA) is 108 Å². The number of carbonyl (C=O) groups excluding carboxylic acids is 1. The Labute approximate surface area is 140 Å². The van der Waals surface area contributed by atoms with E-state index in [-0.39, 0.29) is 29.3 Å². The van der Waals surface area contributed by atoms with E-state index in [4.69, 9.17) is 15.2 Å². The predicted molar refractivity (Wildman–Crippen MR) is 91.4 cm³/mol. The first-order valence-corrected chi connectivity index (χ1v) is 8.89. The van der Waals surface area contributed by atoms with Crippen LogP contribution < -0.4 is 19.9 Å². The van der Waals surface area contributed by atoms with E-state index in [1.807, 2.05) is 6.07 Å². The van der Waals surface area contributed by atoms with Crippen LogP contribution in [-0.4, -0.2) is 34.1 Å². The molecule has 2 rings (SSSR count). The zero-order valence-corrected chi connectivity index (χ0v) is 14.1. The van der Waals surface area contributed by atoms with Crippen LogP contribution in [0.1, 0.15) is 10.4 Å². The Hall–Kier alpha value is -2.58. The minimum Gasteiger partial charge on any atom is -0.492 e. The van der Waals surface area contributed by atoms with Crippen LogP contribution in [0.15, 0.2) is 42.5 Å². The molecule has 0 aliphatic carbocycles. The highest BCUT2D eigenvalue weighted by Crippen LogP contribution is 2.38. The Kier molecular flexibility index (Phi) is 5.42. The van der Waals surface area contributed by atoms with Gasteiger partial charge in [-0.15, -0.1) is 0 Å². The molecule has 0 spiro atoms. The number of sulfonamides is 1. The van der Waals surface area contributed by atoms with Crippen molar-refractivity contribution in [1.82, 2.24) is 0 Å². The van der Waals surface area contributed by atoms with E-state index in [1.54, 1.807) is 24.3 Å². The molecule has 0 unspecified atom stereocenters. The number of carbonyl (C=O) groups is 1. The van der Waals surface area contributed by atoms with Crippen molar-refractivity contribution >= 4 is 21.5 Å². The van der Waals surface area contributed by atoms with Crippen molar-refractivity contribution in [3.8, 4) is 17.2 Å². The van der Waals surface area contributed by atoms with Crippen LogP contribution in [0.25, 0.3) is 0 Å². The van der Waals surface area contributed by atoms with Crippen molar-refractivity contribution in [3.63, 3.8) is 0 Å². The van der Waals surface area contributed by atoms with Crippen LogP contribution in [0.5, 0.6) is 17.2 Å². The molecule has 2 aromatic carbocycles. The number of ether oxygens (including phenoxy) is 2. The van der Waals surface area contributed by atoms with Crippen LogP contribution in [0.4, 0.5) is 5.69 Å². The summed E-state index contributed by atoms with van der Waals surface area (Å²) in [5.74, 6) is 0.503. The number of anilines is 1. The third kappa shape index (κ3) is 4.46. The maximum atomic E-state index is 12.1. The Morgan fingerprint density at radius 3 is 2.42 bits per heavy atom. The lowest BCUT2D eigenvalue weighted by molar-refractivity contribution is 0.0998. The van der Waals surface area contributed by atoms with Crippen molar-refractivity contribution < 1.29 is 22.7 Å². The second-order valence-electron chi connectivity index (χ2n) is 4.97. The molecule has 0 bridgehead atoms. The molecule has 0 aromatic heterocycles. The van der Waals surface area contributed by atoms with Crippen molar-refractivity contribution in [2.75, 3.05) is 24.6 Å². The molecule has 0 saturated heterocycles. The van der Waals surface area contributed by atoms with E-state index < -0.39 is 15.8 Å². The molecule has 0 fully saturated rings. The maximum Gasteiger partial charge on any atom is 0.229 e. The predicted octanol–water partition coefficient (Wildman–Crippen LogP) is 2.00. The monoisotopic (exact) mass is 350 g/mol. The Balaban J connectivity index is 2.56. The van der Waals surface area contributed by atoms with Crippen molar-refractivity contribution in [1.29, 1.82) is 0 Å². The molecule has 0 amide bonds. The number of nitrogens with one attached hydrogen (secondary N) is 1. The van der Waals surface area contributed by atoms with Gasteiger partial charge in [0.05, 0.1) is 31.2 Å². The highest BCUT2D eigenvalue weighted by molar-refractivity contribution is 7.92. The summed E-state index contributed by atoms with van der Waals surface area (Å²) in [5, 5.41) is 0. The summed E-state index contributed by atoms with van der Waals surface area (Å²) in [4.78, 5) is 12.1.